The van der Waals surface area contributed by atoms with E-state index in [4.69, 9.17) is 14.9 Å². The molecular weight excluding hydrogens is 264 g/mol. The molecule has 1 aromatic heterocycles. The number of aliphatic hydroxyl groups excluding tert-OH is 1. The molecule has 100 valence electrons. The third-order valence-electron chi connectivity index (χ3n) is 2.73. The molecule has 0 saturated carbocycles. The fraction of sp³-hybridized carbons (Fsp3) is 0.214. The van der Waals surface area contributed by atoms with Crippen molar-refractivity contribution < 1.29 is 19.7 Å². The number of benzene rings is 1. The first kappa shape index (κ1) is 13.6. The van der Waals surface area contributed by atoms with E-state index in [1.54, 1.807) is 30.3 Å². The lowest BCUT2D eigenvalue weighted by molar-refractivity contribution is 0.0702. The van der Waals surface area contributed by atoms with Gasteiger partial charge in [0.25, 0.3) is 0 Å². The van der Waals surface area contributed by atoms with Gasteiger partial charge in [0.05, 0.1) is 6.61 Å². The number of aromatic carboxylic acids is 1. The van der Waals surface area contributed by atoms with Gasteiger partial charge in [0.1, 0.15) is 17.2 Å². The van der Waals surface area contributed by atoms with E-state index < -0.39 is 5.97 Å². The van der Waals surface area contributed by atoms with Crippen LogP contribution in [0.4, 0.5) is 0 Å². The van der Waals surface area contributed by atoms with Gasteiger partial charge in [0, 0.05) is 10.4 Å². The second-order valence-electron chi connectivity index (χ2n) is 4.09. The number of thiophene rings is 1. The topological polar surface area (TPSA) is 66.8 Å². The first-order chi connectivity index (χ1) is 9.10. The molecule has 2 N–H and O–H groups in total. The SMILES string of the molecule is Cc1sc(C(=O)O)cc1COc1ccc(CO)cc1. The van der Waals surface area contributed by atoms with Gasteiger partial charge in [0.15, 0.2) is 0 Å². The van der Waals surface area contributed by atoms with Gasteiger partial charge in [-0.3, -0.25) is 0 Å². The number of ether oxygens (including phenoxy) is 1. The maximum absolute atomic E-state index is 10.9. The highest BCUT2D eigenvalue weighted by atomic mass is 32.1. The van der Waals surface area contributed by atoms with E-state index in [2.05, 4.69) is 0 Å². The van der Waals surface area contributed by atoms with Gasteiger partial charge < -0.3 is 14.9 Å². The Labute approximate surface area is 114 Å². The van der Waals surface area contributed by atoms with Gasteiger partial charge in [-0.15, -0.1) is 11.3 Å². The molecule has 1 aromatic carbocycles. The van der Waals surface area contributed by atoms with Crippen LogP contribution in [0.5, 0.6) is 5.75 Å². The number of carboxylic acids is 1. The lowest BCUT2D eigenvalue weighted by Crippen LogP contribution is -1.96. The third kappa shape index (κ3) is 3.33. The zero-order valence-electron chi connectivity index (χ0n) is 10.4. The normalized spacial score (nSPS) is 10.4. The van der Waals surface area contributed by atoms with E-state index in [9.17, 15) is 4.79 Å². The summed E-state index contributed by atoms with van der Waals surface area (Å²) in [6.07, 6.45) is 0. The molecule has 0 radical (unpaired) electrons. The maximum Gasteiger partial charge on any atom is 0.345 e. The number of carboxylic acid groups (broad SMARTS) is 1. The summed E-state index contributed by atoms with van der Waals surface area (Å²) in [6, 6.07) is 8.79. The molecule has 0 aliphatic carbocycles. The van der Waals surface area contributed by atoms with Crippen molar-refractivity contribution in [2.24, 2.45) is 0 Å². The molecule has 2 rings (SSSR count). The van der Waals surface area contributed by atoms with E-state index in [0.29, 0.717) is 17.2 Å². The van der Waals surface area contributed by atoms with Crippen LogP contribution in [0.2, 0.25) is 0 Å². The predicted molar refractivity (Wildman–Crippen MR) is 72.7 cm³/mol. The quantitative estimate of drug-likeness (QED) is 0.882. The average molecular weight is 278 g/mol. The molecule has 0 aliphatic rings. The Balaban J connectivity index is 2.03. The molecule has 0 unspecified atom stereocenters. The summed E-state index contributed by atoms with van der Waals surface area (Å²) in [5, 5.41) is 17.8. The molecule has 0 amide bonds. The summed E-state index contributed by atoms with van der Waals surface area (Å²) < 4.78 is 5.60. The number of rotatable bonds is 5. The van der Waals surface area contributed by atoms with Crippen LogP contribution in [0.15, 0.2) is 30.3 Å². The van der Waals surface area contributed by atoms with E-state index in [0.717, 1.165) is 16.0 Å². The van der Waals surface area contributed by atoms with Crippen LogP contribution in [-0.4, -0.2) is 16.2 Å². The first-order valence-electron chi connectivity index (χ1n) is 5.75. The molecule has 5 heteroatoms. The Hall–Kier alpha value is -1.85. The second kappa shape index (κ2) is 5.86. The molecule has 2 aromatic rings. The molecule has 0 fully saturated rings. The standard InChI is InChI=1S/C14H14O4S/c1-9-11(6-13(19-9)14(16)17)8-18-12-4-2-10(7-15)3-5-12/h2-6,15H,7-8H2,1H3,(H,16,17). The van der Waals surface area contributed by atoms with Crippen LogP contribution in [0.1, 0.15) is 25.7 Å². The van der Waals surface area contributed by atoms with Crippen molar-refractivity contribution in [3.63, 3.8) is 0 Å². The summed E-state index contributed by atoms with van der Waals surface area (Å²) in [4.78, 5) is 12.1. The third-order valence-corrected chi connectivity index (χ3v) is 3.81. The Bertz CT molecular complexity index is 572. The van der Waals surface area contributed by atoms with Crippen molar-refractivity contribution in [2.45, 2.75) is 20.1 Å². The Morgan fingerprint density at radius 1 is 1.32 bits per heavy atom. The Kier molecular flexibility index (Phi) is 4.19. The summed E-state index contributed by atoms with van der Waals surface area (Å²) in [5.41, 5.74) is 1.71. The van der Waals surface area contributed by atoms with Crippen molar-refractivity contribution >= 4 is 17.3 Å². The van der Waals surface area contributed by atoms with Crippen LogP contribution >= 0.6 is 11.3 Å². The van der Waals surface area contributed by atoms with Crippen LogP contribution in [-0.2, 0) is 13.2 Å². The smallest absolute Gasteiger partial charge is 0.345 e. The van der Waals surface area contributed by atoms with Gasteiger partial charge in [-0.25, -0.2) is 4.79 Å². The minimum atomic E-state index is -0.911. The minimum absolute atomic E-state index is 0.00584. The molecule has 0 atom stereocenters. The van der Waals surface area contributed by atoms with Crippen molar-refractivity contribution in [1.82, 2.24) is 0 Å². The maximum atomic E-state index is 10.9. The highest BCUT2D eigenvalue weighted by molar-refractivity contribution is 7.14. The average Bonchev–Trinajstić information content (AvgIpc) is 2.79. The summed E-state index contributed by atoms with van der Waals surface area (Å²) in [6.45, 7) is 2.23. The summed E-state index contributed by atoms with van der Waals surface area (Å²) >= 11 is 1.25. The predicted octanol–water partition coefficient (Wildman–Crippen LogP) is 2.83. The first-order valence-corrected chi connectivity index (χ1v) is 6.57. The van der Waals surface area contributed by atoms with Crippen molar-refractivity contribution in [2.75, 3.05) is 0 Å². The monoisotopic (exact) mass is 278 g/mol. The van der Waals surface area contributed by atoms with Crippen LogP contribution in [0, 0.1) is 6.92 Å². The van der Waals surface area contributed by atoms with E-state index >= 15 is 0 Å². The minimum Gasteiger partial charge on any atom is -0.489 e. The summed E-state index contributed by atoms with van der Waals surface area (Å²) in [5.74, 6) is -0.216. The Morgan fingerprint density at radius 2 is 2.00 bits per heavy atom. The molecule has 1 heterocycles. The summed E-state index contributed by atoms with van der Waals surface area (Å²) in [7, 11) is 0. The van der Waals surface area contributed by atoms with Gasteiger partial charge in [-0.1, -0.05) is 12.1 Å². The number of hydrogen-bond acceptors (Lipinski definition) is 4. The Morgan fingerprint density at radius 3 is 2.53 bits per heavy atom. The van der Waals surface area contributed by atoms with Crippen molar-refractivity contribution in [3.05, 3.63) is 51.2 Å². The van der Waals surface area contributed by atoms with E-state index in [1.165, 1.54) is 11.3 Å². The fourth-order valence-corrected chi connectivity index (χ4v) is 2.49. The van der Waals surface area contributed by atoms with Gasteiger partial charge in [-0.05, 0) is 30.7 Å². The van der Waals surface area contributed by atoms with Crippen LogP contribution < -0.4 is 4.74 Å². The molecular formula is C14H14O4S. The van der Waals surface area contributed by atoms with Gasteiger partial charge in [-0.2, -0.15) is 0 Å². The van der Waals surface area contributed by atoms with E-state index in [-0.39, 0.29) is 6.61 Å². The second-order valence-corrected chi connectivity index (χ2v) is 5.34. The number of aryl methyl sites for hydroxylation is 1. The molecule has 0 aliphatic heterocycles. The van der Waals surface area contributed by atoms with Gasteiger partial charge >= 0.3 is 5.97 Å². The lowest BCUT2D eigenvalue weighted by atomic mass is 10.2. The molecule has 0 bridgehead atoms. The van der Waals surface area contributed by atoms with Crippen molar-refractivity contribution in [3.8, 4) is 5.75 Å². The molecule has 19 heavy (non-hydrogen) atoms. The number of aliphatic hydroxyl groups is 1. The lowest BCUT2D eigenvalue weighted by Gasteiger charge is -2.06. The van der Waals surface area contributed by atoms with Crippen LogP contribution in [0.25, 0.3) is 0 Å². The zero-order chi connectivity index (χ0) is 13.8. The largest absolute Gasteiger partial charge is 0.489 e. The van der Waals surface area contributed by atoms with Crippen LogP contribution in [0.3, 0.4) is 0 Å². The molecule has 4 nitrogen and oxygen atoms in total. The van der Waals surface area contributed by atoms with Crippen molar-refractivity contribution in [1.29, 1.82) is 0 Å². The number of carbonyl (C=O) groups is 1. The number of hydrogen-bond donors (Lipinski definition) is 2. The highest BCUT2D eigenvalue weighted by Crippen LogP contribution is 2.23. The zero-order valence-corrected chi connectivity index (χ0v) is 11.2. The fourth-order valence-electron chi connectivity index (χ4n) is 1.62. The van der Waals surface area contributed by atoms with Gasteiger partial charge in [0.2, 0.25) is 0 Å². The van der Waals surface area contributed by atoms with E-state index in [1.807, 2.05) is 6.92 Å². The highest BCUT2D eigenvalue weighted by Gasteiger charge is 2.11. The molecule has 0 saturated heterocycles. The molecule has 0 spiro atoms.